The number of ether oxygens (including phenoxy) is 1. The number of fused-ring (bicyclic) bond motifs is 1. The van der Waals surface area contributed by atoms with E-state index in [1.54, 1.807) is 24.5 Å². The number of nitrogens with zero attached hydrogens (tertiary/aromatic N) is 4. The van der Waals surface area contributed by atoms with Gasteiger partial charge in [0.25, 0.3) is 5.89 Å². The summed E-state index contributed by atoms with van der Waals surface area (Å²) in [5, 5.41) is 4.06. The standard InChI is InChI=1S/C20H14BrFN4O2/c21-13-5-3-4-12(8-13)19-24-20(28-25-19)18-16-10-27-17(9-26(16)11-23-18)14-6-1-2-7-15(14)22/h1-8,11,17H,9-10H2/t17-/m1/s1. The summed E-state index contributed by atoms with van der Waals surface area (Å²) in [4.78, 5) is 8.90. The summed E-state index contributed by atoms with van der Waals surface area (Å²) < 4.78 is 28.3. The Bertz CT molecular complexity index is 1160. The molecule has 0 amide bonds. The van der Waals surface area contributed by atoms with Crippen molar-refractivity contribution in [2.45, 2.75) is 19.3 Å². The summed E-state index contributed by atoms with van der Waals surface area (Å²) >= 11 is 3.44. The van der Waals surface area contributed by atoms with E-state index in [0.717, 1.165) is 15.7 Å². The van der Waals surface area contributed by atoms with E-state index >= 15 is 0 Å². The SMILES string of the molecule is Fc1ccccc1[C@H]1Cn2cnc(-c3nc(-c4cccc(Br)c4)no3)c2CO1. The van der Waals surface area contributed by atoms with Gasteiger partial charge in [0.15, 0.2) is 5.69 Å². The zero-order chi connectivity index (χ0) is 19.1. The van der Waals surface area contributed by atoms with Crippen molar-refractivity contribution in [3.05, 3.63) is 76.4 Å². The summed E-state index contributed by atoms with van der Waals surface area (Å²) in [6.07, 6.45) is 1.33. The van der Waals surface area contributed by atoms with E-state index < -0.39 is 0 Å². The molecule has 1 atom stereocenters. The molecule has 2 aromatic carbocycles. The molecule has 28 heavy (non-hydrogen) atoms. The molecule has 0 spiro atoms. The Morgan fingerprint density at radius 1 is 1.14 bits per heavy atom. The molecule has 0 fully saturated rings. The molecule has 0 N–H and O–H groups in total. The predicted octanol–water partition coefficient (Wildman–Crippen LogP) is 4.77. The van der Waals surface area contributed by atoms with Gasteiger partial charge in [-0.3, -0.25) is 0 Å². The maximum absolute atomic E-state index is 14.1. The first-order valence-electron chi connectivity index (χ1n) is 8.69. The summed E-state index contributed by atoms with van der Waals surface area (Å²) in [6.45, 7) is 0.749. The van der Waals surface area contributed by atoms with Crippen molar-refractivity contribution >= 4 is 15.9 Å². The van der Waals surface area contributed by atoms with Crippen LogP contribution in [0, 0.1) is 5.82 Å². The molecule has 0 unspecified atom stereocenters. The summed E-state index contributed by atoms with van der Waals surface area (Å²) in [5.41, 5.74) is 2.80. The number of imidazole rings is 1. The molecule has 8 heteroatoms. The van der Waals surface area contributed by atoms with Crippen LogP contribution in [-0.4, -0.2) is 19.7 Å². The largest absolute Gasteiger partial charge is 0.365 e. The van der Waals surface area contributed by atoms with Crippen LogP contribution in [0.3, 0.4) is 0 Å². The Labute approximate surface area is 168 Å². The van der Waals surface area contributed by atoms with Crippen LogP contribution in [0.2, 0.25) is 0 Å². The minimum atomic E-state index is -0.365. The van der Waals surface area contributed by atoms with Gasteiger partial charge >= 0.3 is 0 Å². The van der Waals surface area contributed by atoms with E-state index in [9.17, 15) is 4.39 Å². The fourth-order valence-corrected chi connectivity index (χ4v) is 3.69. The Kier molecular flexibility index (Phi) is 4.29. The lowest BCUT2D eigenvalue weighted by Gasteiger charge is -2.25. The van der Waals surface area contributed by atoms with E-state index in [1.165, 1.54) is 6.07 Å². The maximum atomic E-state index is 14.1. The highest BCUT2D eigenvalue weighted by molar-refractivity contribution is 9.10. The van der Waals surface area contributed by atoms with E-state index in [0.29, 0.717) is 29.5 Å². The summed E-state index contributed by atoms with van der Waals surface area (Å²) in [7, 11) is 0. The number of rotatable bonds is 3. The molecule has 0 saturated carbocycles. The number of benzene rings is 2. The summed E-state index contributed by atoms with van der Waals surface area (Å²) in [5.74, 6) is 0.544. The molecule has 0 aliphatic carbocycles. The molecule has 6 nitrogen and oxygen atoms in total. The van der Waals surface area contributed by atoms with Crippen LogP contribution in [0.4, 0.5) is 4.39 Å². The highest BCUT2D eigenvalue weighted by Crippen LogP contribution is 2.32. The minimum absolute atomic E-state index is 0.271. The van der Waals surface area contributed by atoms with E-state index in [-0.39, 0.29) is 18.5 Å². The number of hydrogen-bond donors (Lipinski definition) is 0. The molecule has 0 bridgehead atoms. The van der Waals surface area contributed by atoms with Gasteiger partial charge in [-0.15, -0.1) is 0 Å². The van der Waals surface area contributed by atoms with Crippen LogP contribution in [0.1, 0.15) is 17.4 Å². The van der Waals surface area contributed by atoms with Crippen LogP contribution >= 0.6 is 15.9 Å². The second-order valence-electron chi connectivity index (χ2n) is 6.45. The second-order valence-corrected chi connectivity index (χ2v) is 7.36. The van der Waals surface area contributed by atoms with E-state index in [1.807, 2.05) is 28.8 Å². The zero-order valence-corrected chi connectivity index (χ0v) is 16.1. The lowest BCUT2D eigenvalue weighted by Crippen LogP contribution is -2.21. The van der Waals surface area contributed by atoms with Crippen molar-refractivity contribution in [3.63, 3.8) is 0 Å². The normalized spacial score (nSPS) is 16.1. The van der Waals surface area contributed by atoms with Crippen LogP contribution in [-0.2, 0) is 17.9 Å². The molecule has 1 aliphatic rings. The quantitative estimate of drug-likeness (QED) is 0.458. The fourth-order valence-electron chi connectivity index (χ4n) is 3.29. The molecule has 1 aliphatic heterocycles. The molecule has 0 radical (unpaired) electrons. The minimum Gasteiger partial charge on any atom is -0.365 e. The second kappa shape index (κ2) is 6.96. The third kappa shape index (κ3) is 3.04. The smallest absolute Gasteiger partial charge is 0.278 e. The Morgan fingerprint density at radius 3 is 2.89 bits per heavy atom. The molecule has 4 aromatic rings. The van der Waals surface area contributed by atoms with Gasteiger partial charge in [-0.25, -0.2) is 9.37 Å². The Balaban J connectivity index is 1.44. The van der Waals surface area contributed by atoms with Gasteiger partial charge in [0.05, 0.1) is 25.2 Å². The van der Waals surface area contributed by atoms with Crippen molar-refractivity contribution in [2.75, 3.05) is 0 Å². The van der Waals surface area contributed by atoms with Crippen molar-refractivity contribution in [2.24, 2.45) is 0 Å². The fraction of sp³-hybridized carbons (Fsp3) is 0.150. The van der Waals surface area contributed by atoms with Crippen molar-refractivity contribution in [1.29, 1.82) is 0 Å². The van der Waals surface area contributed by atoms with Crippen LogP contribution in [0.25, 0.3) is 23.0 Å². The monoisotopic (exact) mass is 440 g/mol. The predicted molar refractivity (Wildman–Crippen MR) is 103 cm³/mol. The van der Waals surface area contributed by atoms with Gasteiger partial charge in [-0.2, -0.15) is 4.98 Å². The summed E-state index contributed by atoms with van der Waals surface area (Å²) in [6, 6.07) is 14.3. The molecule has 3 heterocycles. The van der Waals surface area contributed by atoms with Gasteiger partial charge in [-0.1, -0.05) is 51.4 Å². The average molecular weight is 441 g/mol. The molecule has 5 rings (SSSR count). The van der Waals surface area contributed by atoms with Crippen molar-refractivity contribution in [3.8, 4) is 23.0 Å². The van der Waals surface area contributed by atoms with Crippen molar-refractivity contribution < 1.29 is 13.7 Å². The molecular weight excluding hydrogens is 427 g/mol. The first kappa shape index (κ1) is 17.3. The zero-order valence-electron chi connectivity index (χ0n) is 14.5. The lowest BCUT2D eigenvalue weighted by atomic mass is 10.1. The number of hydrogen-bond acceptors (Lipinski definition) is 5. The van der Waals surface area contributed by atoms with Gasteiger partial charge in [0.1, 0.15) is 11.9 Å². The number of aromatic nitrogens is 4. The number of halogens is 2. The van der Waals surface area contributed by atoms with Crippen LogP contribution in [0.15, 0.2) is 63.9 Å². The van der Waals surface area contributed by atoms with E-state index in [4.69, 9.17) is 9.26 Å². The van der Waals surface area contributed by atoms with Gasteiger partial charge in [0.2, 0.25) is 5.82 Å². The van der Waals surface area contributed by atoms with Gasteiger partial charge in [0, 0.05) is 15.6 Å². The van der Waals surface area contributed by atoms with Gasteiger partial charge in [-0.05, 0) is 18.2 Å². The average Bonchev–Trinajstić information content (AvgIpc) is 3.35. The van der Waals surface area contributed by atoms with Gasteiger partial charge < -0.3 is 13.8 Å². The molecule has 0 saturated heterocycles. The highest BCUT2D eigenvalue weighted by atomic mass is 79.9. The first-order valence-corrected chi connectivity index (χ1v) is 9.48. The molecule has 140 valence electrons. The van der Waals surface area contributed by atoms with E-state index in [2.05, 4.69) is 31.1 Å². The topological polar surface area (TPSA) is 66.0 Å². The molecule has 2 aromatic heterocycles. The van der Waals surface area contributed by atoms with Crippen LogP contribution in [0.5, 0.6) is 0 Å². The Hall–Kier alpha value is -2.84. The third-order valence-electron chi connectivity index (χ3n) is 4.69. The molecular formula is C20H14BrFN4O2. The van der Waals surface area contributed by atoms with Crippen molar-refractivity contribution in [1.82, 2.24) is 19.7 Å². The maximum Gasteiger partial charge on any atom is 0.278 e. The Morgan fingerprint density at radius 2 is 2.04 bits per heavy atom. The first-order chi connectivity index (χ1) is 13.7. The third-order valence-corrected chi connectivity index (χ3v) is 5.19. The van der Waals surface area contributed by atoms with Crippen LogP contribution < -0.4 is 0 Å². The lowest BCUT2D eigenvalue weighted by molar-refractivity contribution is 0.00126. The highest BCUT2D eigenvalue weighted by Gasteiger charge is 2.27.